The van der Waals surface area contributed by atoms with Crippen LogP contribution in [0.4, 0.5) is 13.2 Å². The van der Waals surface area contributed by atoms with Crippen molar-refractivity contribution in [2.24, 2.45) is 17.6 Å². The van der Waals surface area contributed by atoms with Crippen molar-refractivity contribution in [2.45, 2.75) is 30.0 Å². The molecule has 4 nitrogen and oxygen atoms in total. The van der Waals surface area contributed by atoms with Crippen molar-refractivity contribution in [3.05, 3.63) is 28.8 Å². The van der Waals surface area contributed by atoms with E-state index in [-0.39, 0.29) is 31.0 Å². The first-order chi connectivity index (χ1) is 10.6. The Morgan fingerprint density at radius 1 is 1.22 bits per heavy atom. The fourth-order valence-electron chi connectivity index (χ4n) is 3.59. The van der Waals surface area contributed by atoms with Crippen LogP contribution in [-0.4, -0.2) is 31.9 Å². The highest BCUT2D eigenvalue weighted by atomic mass is 35.5. The van der Waals surface area contributed by atoms with Gasteiger partial charge in [0.2, 0.25) is 10.0 Å². The monoisotopic (exact) mass is 368 g/mol. The molecule has 0 amide bonds. The number of fused-ring (bicyclic) bond motifs is 1. The van der Waals surface area contributed by atoms with Crippen LogP contribution in [0.5, 0.6) is 0 Å². The van der Waals surface area contributed by atoms with Crippen LogP contribution in [0.25, 0.3) is 0 Å². The fourth-order valence-corrected chi connectivity index (χ4v) is 5.84. The fraction of sp³-hybridized carbons (Fsp3) is 0.571. The summed E-state index contributed by atoms with van der Waals surface area (Å²) in [7, 11) is -4.32. The van der Waals surface area contributed by atoms with Gasteiger partial charge in [-0.2, -0.15) is 17.5 Å². The maximum Gasteiger partial charge on any atom is 0.417 e. The Bertz CT molecular complexity index is 723. The number of rotatable bonds is 2. The van der Waals surface area contributed by atoms with Crippen molar-refractivity contribution < 1.29 is 21.6 Å². The molecule has 2 aliphatic rings. The van der Waals surface area contributed by atoms with Crippen molar-refractivity contribution in [3.8, 4) is 0 Å². The zero-order chi connectivity index (χ0) is 17.0. The standard InChI is InChI=1S/C14H16ClF3N2O2S/c15-11-3-1-2-10(14(16,17)18)13(11)23(21,22)20-6-8-4-5-12(19)9(8)7-20/h1-3,8-9,12H,4-7,19H2. The molecule has 23 heavy (non-hydrogen) atoms. The minimum Gasteiger partial charge on any atom is -0.327 e. The van der Waals surface area contributed by atoms with E-state index in [4.69, 9.17) is 17.3 Å². The van der Waals surface area contributed by atoms with Crippen LogP contribution in [0.2, 0.25) is 5.02 Å². The van der Waals surface area contributed by atoms with Gasteiger partial charge in [0.15, 0.2) is 0 Å². The van der Waals surface area contributed by atoms with Crippen molar-refractivity contribution in [1.82, 2.24) is 4.31 Å². The number of nitrogens with two attached hydrogens (primary N) is 1. The lowest BCUT2D eigenvalue weighted by atomic mass is 9.98. The second-order valence-corrected chi connectivity index (χ2v) is 8.38. The second-order valence-electron chi connectivity index (χ2n) is 6.10. The third-order valence-corrected chi connectivity index (χ3v) is 7.11. The molecular weight excluding hydrogens is 353 g/mol. The Labute approximate surface area is 137 Å². The summed E-state index contributed by atoms with van der Waals surface area (Å²) in [6, 6.07) is 2.89. The highest BCUT2D eigenvalue weighted by Crippen LogP contribution is 2.43. The normalized spacial score (nSPS) is 29.0. The van der Waals surface area contributed by atoms with Gasteiger partial charge in [0.05, 0.1) is 10.6 Å². The largest absolute Gasteiger partial charge is 0.417 e. The average Bonchev–Trinajstić information content (AvgIpc) is 3.00. The Hall–Kier alpha value is -0.830. The molecule has 0 radical (unpaired) electrons. The van der Waals surface area contributed by atoms with Crippen LogP contribution in [0.15, 0.2) is 23.1 Å². The molecule has 0 aromatic heterocycles. The Kier molecular flexibility index (Phi) is 4.15. The second kappa shape index (κ2) is 5.61. The number of benzene rings is 1. The van der Waals surface area contributed by atoms with Crippen LogP contribution in [0, 0.1) is 11.8 Å². The molecule has 128 valence electrons. The van der Waals surface area contributed by atoms with Crippen LogP contribution < -0.4 is 5.73 Å². The lowest BCUT2D eigenvalue weighted by Gasteiger charge is -2.22. The maximum atomic E-state index is 13.2. The molecule has 2 fully saturated rings. The predicted octanol–water partition coefficient (Wildman–Crippen LogP) is 2.72. The van der Waals surface area contributed by atoms with Crippen LogP contribution in [0.1, 0.15) is 18.4 Å². The van der Waals surface area contributed by atoms with E-state index in [0.29, 0.717) is 0 Å². The van der Waals surface area contributed by atoms with E-state index in [1.807, 2.05) is 0 Å². The van der Waals surface area contributed by atoms with E-state index >= 15 is 0 Å². The molecule has 9 heteroatoms. The molecule has 1 aliphatic carbocycles. The molecular formula is C14H16ClF3N2O2S. The van der Waals surface area contributed by atoms with Gasteiger partial charge in [-0.15, -0.1) is 0 Å². The SMILES string of the molecule is NC1CCC2CN(S(=O)(=O)c3c(Cl)cccc3C(F)(F)F)CC12. The number of hydrogen-bond donors (Lipinski definition) is 1. The minimum absolute atomic E-state index is 0.00148. The molecule has 0 spiro atoms. The van der Waals surface area contributed by atoms with Crippen molar-refractivity contribution in [2.75, 3.05) is 13.1 Å². The van der Waals surface area contributed by atoms with Crippen LogP contribution >= 0.6 is 11.6 Å². The highest BCUT2D eigenvalue weighted by molar-refractivity contribution is 7.89. The number of hydrogen-bond acceptors (Lipinski definition) is 3. The minimum atomic E-state index is -4.79. The zero-order valence-electron chi connectivity index (χ0n) is 12.1. The van der Waals surface area contributed by atoms with Crippen molar-refractivity contribution >= 4 is 21.6 Å². The van der Waals surface area contributed by atoms with E-state index < -0.39 is 31.7 Å². The lowest BCUT2D eigenvalue weighted by molar-refractivity contribution is -0.139. The van der Waals surface area contributed by atoms with Gasteiger partial charge in [-0.25, -0.2) is 8.42 Å². The van der Waals surface area contributed by atoms with E-state index in [1.165, 1.54) is 0 Å². The quantitative estimate of drug-likeness (QED) is 0.873. The number of halogens is 4. The molecule has 0 bridgehead atoms. The molecule has 1 saturated heterocycles. The maximum absolute atomic E-state index is 13.2. The van der Waals surface area contributed by atoms with Crippen LogP contribution in [0.3, 0.4) is 0 Å². The molecule has 3 atom stereocenters. The summed E-state index contributed by atoms with van der Waals surface area (Å²) in [5.74, 6) is 0.109. The molecule has 1 aromatic rings. The summed E-state index contributed by atoms with van der Waals surface area (Å²) >= 11 is 5.82. The van der Waals surface area contributed by atoms with Crippen LogP contribution in [-0.2, 0) is 16.2 Å². The van der Waals surface area contributed by atoms with Gasteiger partial charge in [0.25, 0.3) is 0 Å². The molecule has 1 aliphatic heterocycles. The molecule has 2 N–H and O–H groups in total. The van der Waals surface area contributed by atoms with Gasteiger partial charge in [0, 0.05) is 19.1 Å². The van der Waals surface area contributed by atoms with E-state index in [2.05, 4.69) is 0 Å². The molecule has 1 aromatic carbocycles. The summed E-state index contributed by atoms with van der Waals surface area (Å²) in [6.07, 6.45) is -3.17. The molecule has 1 saturated carbocycles. The molecule has 3 rings (SSSR count). The topological polar surface area (TPSA) is 63.4 Å². The number of sulfonamides is 1. The lowest BCUT2D eigenvalue weighted by Crippen LogP contribution is -2.34. The summed E-state index contributed by atoms with van der Waals surface area (Å²) in [5, 5.41) is -0.416. The summed E-state index contributed by atoms with van der Waals surface area (Å²) < 4.78 is 66.1. The summed E-state index contributed by atoms with van der Waals surface area (Å²) in [4.78, 5) is -0.859. The van der Waals surface area contributed by atoms with Crippen molar-refractivity contribution in [3.63, 3.8) is 0 Å². The number of alkyl halides is 3. The number of nitrogens with zero attached hydrogens (tertiary/aromatic N) is 1. The summed E-state index contributed by atoms with van der Waals surface area (Å²) in [5.41, 5.74) is 4.74. The molecule has 1 heterocycles. The van der Waals surface area contributed by atoms with Crippen molar-refractivity contribution in [1.29, 1.82) is 0 Å². The Balaban J connectivity index is 2.02. The Morgan fingerprint density at radius 2 is 1.91 bits per heavy atom. The third kappa shape index (κ3) is 2.86. The highest BCUT2D eigenvalue weighted by Gasteiger charge is 2.47. The first-order valence-electron chi connectivity index (χ1n) is 7.24. The van der Waals surface area contributed by atoms with Gasteiger partial charge in [-0.1, -0.05) is 17.7 Å². The van der Waals surface area contributed by atoms with Gasteiger partial charge in [0.1, 0.15) is 4.90 Å². The Morgan fingerprint density at radius 3 is 2.52 bits per heavy atom. The molecule has 3 unspecified atom stereocenters. The van der Waals surface area contributed by atoms with E-state index in [0.717, 1.165) is 35.3 Å². The summed E-state index contributed by atoms with van der Waals surface area (Å²) in [6.45, 7) is 0.347. The van der Waals surface area contributed by atoms with E-state index in [1.54, 1.807) is 0 Å². The average molecular weight is 369 g/mol. The van der Waals surface area contributed by atoms with Gasteiger partial charge >= 0.3 is 6.18 Å². The predicted molar refractivity (Wildman–Crippen MR) is 79.4 cm³/mol. The zero-order valence-corrected chi connectivity index (χ0v) is 13.6. The smallest absolute Gasteiger partial charge is 0.327 e. The van der Waals surface area contributed by atoms with E-state index in [9.17, 15) is 21.6 Å². The van der Waals surface area contributed by atoms with Gasteiger partial charge in [-0.05, 0) is 36.8 Å². The van der Waals surface area contributed by atoms with Gasteiger partial charge in [-0.3, -0.25) is 0 Å². The van der Waals surface area contributed by atoms with Gasteiger partial charge < -0.3 is 5.73 Å². The third-order valence-electron chi connectivity index (χ3n) is 4.75. The first-order valence-corrected chi connectivity index (χ1v) is 9.05. The first kappa shape index (κ1) is 17.0.